The van der Waals surface area contributed by atoms with Crippen LogP contribution in [0.1, 0.15) is 0 Å². The molecule has 3 nitrogen and oxygen atoms in total. The second kappa shape index (κ2) is 19.0. The number of anilines is 9. The van der Waals surface area contributed by atoms with E-state index in [1.54, 1.807) is 0 Å². The Bertz CT molecular complexity index is 4280. The predicted octanol–water partition coefficient (Wildman–Crippen LogP) is 16.4. The number of fused-ring (bicyclic) bond motifs is 10. The van der Waals surface area contributed by atoms with Crippen LogP contribution in [0.4, 0.5) is 51.2 Å². The summed E-state index contributed by atoms with van der Waals surface area (Å²) in [5.74, 6) is 0. The van der Waals surface area contributed by atoms with E-state index in [2.05, 4.69) is 324 Å². The maximum Gasteiger partial charge on any atom is 0.252 e. The third-order valence-electron chi connectivity index (χ3n) is 17.8. The van der Waals surface area contributed by atoms with E-state index in [0.717, 1.165) is 67.3 Å². The highest BCUT2D eigenvalue weighted by molar-refractivity contribution is 7.05. The van der Waals surface area contributed by atoms with Crippen LogP contribution in [0.5, 0.6) is 0 Å². The monoisotopic (exact) mass is 1050 g/mol. The summed E-state index contributed by atoms with van der Waals surface area (Å²) >= 11 is 0. The van der Waals surface area contributed by atoms with Gasteiger partial charge in [0.05, 0.1) is 11.4 Å². The van der Waals surface area contributed by atoms with Crippen molar-refractivity contribution >= 4 is 97.4 Å². The number of nitrogens with zero attached hydrogens (tertiary/aromatic N) is 3. The fraction of sp³-hybridized carbons (Fsp3) is 0. The van der Waals surface area contributed by atoms with Crippen LogP contribution < -0.4 is 47.5 Å². The first-order valence-electron chi connectivity index (χ1n) is 28.9. The molecule has 0 aliphatic carbocycles. The van der Waals surface area contributed by atoms with Crippen molar-refractivity contribution in [2.24, 2.45) is 0 Å². The van der Waals surface area contributed by atoms with Crippen LogP contribution in [0.15, 0.2) is 309 Å². The first kappa shape index (κ1) is 47.2. The zero-order valence-corrected chi connectivity index (χ0v) is 45.4. The molecule has 0 aromatic heterocycles. The zero-order chi connectivity index (χ0) is 54.5. The number of hydrogen-bond donors (Lipinski definition) is 0. The van der Waals surface area contributed by atoms with Crippen molar-refractivity contribution in [3.63, 3.8) is 0 Å². The normalized spacial score (nSPS) is 12.9. The minimum Gasteiger partial charge on any atom is -0.312 e. The number of para-hydroxylation sites is 4. The molecule has 13 aromatic carbocycles. The highest BCUT2D eigenvalue weighted by atomic mass is 15.2. The SMILES string of the molecule is c1ccc(-c2ccc3c(c2)N2c4cc(-c5ccccc5)ccc4B4c5ccccc5N(c5c(-c6ccccc6)cccc5-c5ccccc5)c5cc6c(c2c54)B3c2ccccc2N6c2c(-c3ccccc3)cccc2-c2ccccc2)cc1. The van der Waals surface area contributed by atoms with Gasteiger partial charge in [0.15, 0.2) is 0 Å². The molecule has 13 aromatic rings. The van der Waals surface area contributed by atoms with Crippen LogP contribution in [0, 0.1) is 0 Å². The Hall–Kier alpha value is -10.6. The average Bonchev–Trinajstić information content (AvgIpc) is 1.01. The highest BCUT2D eigenvalue weighted by Crippen LogP contribution is 2.55. The maximum atomic E-state index is 2.70. The molecule has 4 aliphatic heterocycles. The van der Waals surface area contributed by atoms with E-state index < -0.39 is 0 Å². The molecule has 0 saturated heterocycles. The molecule has 0 saturated carbocycles. The molecule has 83 heavy (non-hydrogen) atoms. The van der Waals surface area contributed by atoms with Crippen molar-refractivity contribution in [1.29, 1.82) is 0 Å². The van der Waals surface area contributed by atoms with Gasteiger partial charge in [0.25, 0.3) is 13.4 Å². The topological polar surface area (TPSA) is 9.72 Å². The largest absolute Gasteiger partial charge is 0.312 e. The summed E-state index contributed by atoms with van der Waals surface area (Å²) in [6.45, 7) is -0.223. The Kier molecular flexibility index (Phi) is 10.8. The van der Waals surface area contributed by atoms with E-state index in [0.29, 0.717) is 0 Å². The predicted molar refractivity (Wildman–Crippen MR) is 352 cm³/mol. The molecule has 0 fully saturated rings. The van der Waals surface area contributed by atoms with Gasteiger partial charge in [-0.25, -0.2) is 0 Å². The summed E-state index contributed by atoms with van der Waals surface area (Å²) in [6, 6.07) is 115. The first-order valence-corrected chi connectivity index (χ1v) is 28.9. The summed E-state index contributed by atoms with van der Waals surface area (Å²) in [5, 5.41) is 0. The Morgan fingerprint density at radius 3 is 0.819 bits per heavy atom. The number of benzene rings is 13. The van der Waals surface area contributed by atoms with Crippen LogP contribution >= 0.6 is 0 Å². The van der Waals surface area contributed by atoms with Gasteiger partial charge in [-0.05, 0) is 108 Å². The molecule has 5 heteroatoms. The van der Waals surface area contributed by atoms with Gasteiger partial charge in [0.2, 0.25) is 0 Å². The van der Waals surface area contributed by atoms with Crippen LogP contribution in [-0.4, -0.2) is 13.4 Å². The van der Waals surface area contributed by atoms with E-state index in [1.165, 1.54) is 83.5 Å². The third kappa shape index (κ3) is 7.27. The van der Waals surface area contributed by atoms with Gasteiger partial charge in [0.1, 0.15) is 0 Å². The molecule has 0 amide bonds. The standard InChI is InChI=1S/C78H51B2N3/c1-7-25-52(26-8-1)58-45-47-66-70(49-58)83-71-50-59(53-27-9-2-10-28-53)46-48-67(71)80-65-42-20-22-44-69(65)82(77-62(56-33-15-5-16-34-56)39-24-40-63(77)57-35-17-6-18-36-57)73-51-72-74(78(83)75(73)80)79(66)64-41-19-21-43-68(64)81(72)76-60(54-29-11-3-12-30-54)37-23-38-61(76)55-31-13-4-14-32-55/h1-51H. The molecule has 17 rings (SSSR count). The summed E-state index contributed by atoms with van der Waals surface area (Å²) in [6.07, 6.45) is 0. The van der Waals surface area contributed by atoms with Gasteiger partial charge in [-0.15, -0.1) is 0 Å². The van der Waals surface area contributed by atoms with E-state index in [-0.39, 0.29) is 13.4 Å². The van der Waals surface area contributed by atoms with Gasteiger partial charge in [0, 0.05) is 62.1 Å². The van der Waals surface area contributed by atoms with Gasteiger partial charge >= 0.3 is 0 Å². The molecule has 0 unspecified atom stereocenters. The van der Waals surface area contributed by atoms with Crippen LogP contribution in [0.25, 0.3) is 66.8 Å². The van der Waals surface area contributed by atoms with Gasteiger partial charge < -0.3 is 14.7 Å². The van der Waals surface area contributed by atoms with E-state index >= 15 is 0 Å². The quantitative estimate of drug-likeness (QED) is 0.140. The molecule has 0 spiro atoms. The lowest BCUT2D eigenvalue weighted by Gasteiger charge is -2.51. The van der Waals surface area contributed by atoms with Gasteiger partial charge in [-0.3, -0.25) is 0 Å². The summed E-state index contributed by atoms with van der Waals surface area (Å²) in [5.41, 5.74) is 32.4. The molecule has 0 atom stereocenters. The highest BCUT2D eigenvalue weighted by Gasteiger charge is 2.52. The maximum absolute atomic E-state index is 2.70. The van der Waals surface area contributed by atoms with Crippen LogP contribution in [0.2, 0.25) is 0 Å². The molecule has 4 heterocycles. The van der Waals surface area contributed by atoms with Gasteiger partial charge in [-0.2, -0.15) is 0 Å². The Morgan fingerprint density at radius 2 is 0.470 bits per heavy atom. The van der Waals surface area contributed by atoms with Crippen molar-refractivity contribution in [1.82, 2.24) is 0 Å². The lowest BCUT2D eigenvalue weighted by Crippen LogP contribution is -2.68. The molecular weight excluding hydrogens is 1000 g/mol. The van der Waals surface area contributed by atoms with Crippen LogP contribution in [-0.2, 0) is 0 Å². The molecule has 0 radical (unpaired) electrons. The summed E-state index contributed by atoms with van der Waals surface area (Å²) in [4.78, 5) is 8.03. The summed E-state index contributed by atoms with van der Waals surface area (Å²) in [7, 11) is 0. The van der Waals surface area contributed by atoms with Crippen molar-refractivity contribution < 1.29 is 0 Å². The lowest BCUT2D eigenvalue weighted by atomic mass is 9.28. The molecule has 4 aliphatic rings. The van der Waals surface area contributed by atoms with Gasteiger partial charge in [-0.1, -0.05) is 279 Å². The number of hydrogen-bond acceptors (Lipinski definition) is 3. The van der Waals surface area contributed by atoms with E-state index in [4.69, 9.17) is 0 Å². The van der Waals surface area contributed by atoms with E-state index in [9.17, 15) is 0 Å². The van der Waals surface area contributed by atoms with Crippen molar-refractivity contribution in [3.8, 4) is 66.8 Å². The molecular formula is C78H51B2N3. The Balaban J connectivity index is 1.07. The van der Waals surface area contributed by atoms with Crippen molar-refractivity contribution in [3.05, 3.63) is 309 Å². The van der Waals surface area contributed by atoms with Crippen LogP contribution in [0.3, 0.4) is 0 Å². The zero-order valence-electron chi connectivity index (χ0n) is 45.4. The fourth-order valence-electron chi connectivity index (χ4n) is 14.3. The first-order chi connectivity index (χ1) is 41.2. The lowest BCUT2D eigenvalue weighted by molar-refractivity contribution is 1.23. The molecule has 0 bridgehead atoms. The Labute approximate surface area is 485 Å². The minimum absolute atomic E-state index is 0.112. The second-order valence-corrected chi connectivity index (χ2v) is 22.2. The minimum atomic E-state index is -0.112. The number of rotatable bonds is 8. The van der Waals surface area contributed by atoms with E-state index in [1.807, 2.05) is 0 Å². The van der Waals surface area contributed by atoms with Crippen molar-refractivity contribution in [2.75, 3.05) is 14.7 Å². The Morgan fingerprint density at radius 1 is 0.181 bits per heavy atom. The third-order valence-corrected chi connectivity index (χ3v) is 17.8. The smallest absolute Gasteiger partial charge is 0.252 e. The van der Waals surface area contributed by atoms with Crippen molar-refractivity contribution in [2.45, 2.75) is 0 Å². The fourth-order valence-corrected chi connectivity index (χ4v) is 14.3. The second-order valence-electron chi connectivity index (χ2n) is 22.2. The summed E-state index contributed by atoms with van der Waals surface area (Å²) < 4.78 is 0. The molecule has 0 N–H and O–H groups in total. The molecule has 384 valence electrons. The average molecular weight is 1050 g/mol.